The Labute approximate surface area is 377 Å². The number of para-hydroxylation sites is 3. The molecule has 2 heterocycles. The molecule has 65 heavy (non-hydrogen) atoms. The van der Waals surface area contributed by atoms with Crippen LogP contribution in [0.5, 0.6) is 0 Å². The summed E-state index contributed by atoms with van der Waals surface area (Å²) in [7, 11) is 0. The zero-order valence-corrected chi connectivity index (χ0v) is 35.7. The van der Waals surface area contributed by atoms with Gasteiger partial charge in [0, 0.05) is 44.0 Å². The van der Waals surface area contributed by atoms with Crippen LogP contribution in [0.25, 0.3) is 77.2 Å². The molecule has 1 unspecified atom stereocenters. The summed E-state index contributed by atoms with van der Waals surface area (Å²) >= 11 is 0. The Hall–Kier alpha value is -8.27. The molecule has 2 aliphatic rings. The van der Waals surface area contributed by atoms with Gasteiger partial charge in [0.25, 0.3) is 0 Å². The van der Waals surface area contributed by atoms with E-state index in [1.165, 1.54) is 54.8 Å². The van der Waals surface area contributed by atoms with Crippen molar-refractivity contribution in [3.8, 4) is 33.6 Å². The number of rotatable bonds is 6. The van der Waals surface area contributed by atoms with Gasteiger partial charge in [-0.25, -0.2) is 0 Å². The summed E-state index contributed by atoms with van der Waals surface area (Å²) in [5.74, 6) is 0.0789. The largest absolute Gasteiger partial charge is 0.309 e. The maximum atomic E-state index is 14.4. The van der Waals surface area contributed by atoms with Crippen LogP contribution in [0.2, 0.25) is 0 Å². The van der Waals surface area contributed by atoms with Crippen LogP contribution in [0.15, 0.2) is 236 Å². The van der Waals surface area contributed by atoms with Gasteiger partial charge in [-0.3, -0.25) is 4.79 Å². The van der Waals surface area contributed by atoms with Crippen molar-refractivity contribution in [3.63, 3.8) is 0 Å². The van der Waals surface area contributed by atoms with Gasteiger partial charge in [0.2, 0.25) is 0 Å². The van der Waals surface area contributed by atoms with Gasteiger partial charge in [-0.15, -0.1) is 0 Å². The van der Waals surface area contributed by atoms with Crippen molar-refractivity contribution < 1.29 is 4.79 Å². The normalized spacial score (nSPS) is 15.7. The number of fused-ring (bicyclic) bond motifs is 8. The zero-order chi connectivity index (χ0) is 43.1. The molecule has 3 heteroatoms. The molecule has 0 fully saturated rings. The Bertz CT molecular complexity index is 3770. The molecule has 0 saturated heterocycles. The van der Waals surface area contributed by atoms with E-state index < -0.39 is 5.41 Å². The van der Waals surface area contributed by atoms with Crippen molar-refractivity contribution in [2.75, 3.05) is 0 Å². The van der Waals surface area contributed by atoms with Crippen LogP contribution in [-0.4, -0.2) is 14.9 Å². The van der Waals surface area contributed by atoms with Crippen LogP contribution < -0.4 is 0 Å². The molecule has 306 valence electrons. The van der Waals surface area contributed by atoms with Gasteiger partial charge in [-0.05, 0) is 124 Å². The van der Waals surface area contributed by atoms with E-state index in [9.17, 15) is 4.79 Å². The lowest BCUT2D eigenvalue weighted by Gasteiger charge is -2.43. The lowest BCUT2D eigenvalue weighted by atomic mass is 9.58. The van der Waals surface area contributed by atoms with E-state index in [2.05, 4.69) is 228 Å². The highest BCUT2D eigenvalue weighted by Crippen LogP contribution is 2.53. The van der Waals surface area contributed by atoms with Crippen LogP contribution in [0.4, 0.5) is 0 Å². The minimum Gasteiger partial charge on any atom is -0.309 e. The van der Waals surface area contributed by atoms with E-state index in [-0.39, 0.29) is 5.78 Å². The standard InChI is InChI=1S/C62H42N2O/c65-61-51-24-10-13-25-55(51)62(45-16-4-1-5-17-45,46-18-6-2-7-19-46)56-40-44(30-35-52(56)61)41-28-33-48(34-29-41)64-58-27-15-12-23-50(58)54-39-43(32-37-60(54)64)42-31-36-59-53(38-42)49-22-11-14-26-57(49)63(59)47-20-8-3-9-21-47/h1,3-6,8-40H,2,7H2. The molecule has 2 aromatic heterocycles. The van der Waals surface area contributed by atoms with Gasteiger partial charge in [-0.2, -0.15) is 0 Å². The number of carbonyl (C=O) groups is 1. The molecule has 3 nitrogen and oxygen atoms in total. The molecule has 0 amide bonds. The summed E-state index contributed by atoms with van der Waals surface area (Å²) in [6, 6.07) is 76.3. The average molecular weight is 831 g/mol. The van der Waals surface area contributed by atoms with E-state index in [4.69, 9.17) is 0 Å². The third kappa shape index (κ3) is 5.58. The van der Waals surface area contributed by atoms with E-state index in [1.807, 2.05) is 12.1 Å². The molecule has 13 rings (SSSR count). The second-order valence-electron chi connectivity index (χ2n) is 17.4. The van der Waals surface area contributed by atoms with Crippen LogP contribution in [-0.2, 0) is 5.41 Å². The van der Waals surface area contributed by atoms with E-state index in [1.54, 1.807) is 0 Å². The van der Waals surface area contributed by atoms with Gasteiger partial charge >= 0.3 is 0 Å². The second-order valence-corrected chi connectivity index (χ2v) is 17.4. The fourth-order valence-electron chi connectivity index (χ4n) is 11.1. The maximum absolute atomic E-state index is 14.4. The van der Waals surface area contributed by atoms with E-state index in [0.717, 1.165) is 68.7 Å². The maximum Gasteiger partial charge on any atom is 0.193 e. The number of ketones is 1. The fraction of sp³-hybridized carbons (Fsp3) is 0.0484. The van der Waals surface area contributed by atoms with Gasteiger partial charge in [0.05, 0.1) is 27.5 Å². The van der Waals surface area contributed by atoms with Crippen LogP contribution in [0.1, 0.15) is 45.5 Å². The van der Waals surface area contributed by atoms with Crippen LogP contribution in [0.3, 0.4) is 0 Å². The molecule has 11 aromatic rings. The molecular formula is C62H42N2O. The molecule has 2 aliphatic carbocycles. The molecule has 0 aliphatic heterocycles. The van der Waals surface area contributed by atoms with E-state index in [0.29, 0.717) is 0 Å². The predicted octanol–water partition coefficient (Wildman–Crippen LogP) is 15.4. The fourth-order valence-corrected chi connectivity index (χ4v) is 11.1. The first-order valence-corrected chi connectivity index (χ1v) is 22.6. The zero-order valence-electron chi connectivity index (χ0n) is 35.7. The number of hydrogen-bond donors (Lipinski definition) is 0. The van der Waals surface area contributed by atoms with Gasteiger partial charge in [-0.1, -0.05) is 164 Å². The first kappa shape index (κ1) is 37.3. The number of carbonyl (C=O) groups excluding carboxylic acids is 1. The monoisotopic (exact) mass is 830 g/mol. The van der Waals surface area contributed by atoms with Crippen molar-refractivity contribution in [1.82, 2.24) is 9.13 Å². The highest BCUT2D eigenvalue weighted by Gasteiger charge is 2.47. The van der Waals surface area contributed by atoms with Crippen LogP contribution in [0, 0.1) is 0 Å². The predicted molar refractivity (Wildman–Crippen MR) is 269 cm³/mol. The molecule has 1 atom stereocenters. The quantitative estimate of drug-likeness (QED) is 0.164. The molecule has 0 radical (unpaired) electrons. The summed E-state index contributed by atoms with van der Waals surface area (Å²) in [4.78, 5) is 14.4. The minimum absolute atomic E-state index is 0.0789. The van der Waals surface area contributed by atoms with E-state index >= 15 is 0 Å². The molecule has 9 aromatic carbocycles. The third-order valence-corrected chi connectivity index (χ3v) is 14.0. The second kappa shape index (κ2) is 14.7. The Kier molecular flexibility index (Phi) is 8.41. The summed E-state index contributed by atoms with van der Waals surface area (Å²) < 4.78 is 4.76. The Morgan fingerprint density at radius 3 is 1.54 bits per heavy atom. The summed E-state index contributed by atoms with van der Waals surface area (Å²) in [6.07, 6.45) is 8.92. The number of aromatic nitrogens is 2. The Morgan fingerprint density at radius 2 is 0.892 bits per heavy atom. The number of allylic oxidation sites excluding steroid dienone is 4. The first-order valence-electron chi connectivity index (χ1n) is 22.6. The number of benzene rings is 9. The van der Waals surface area contributed by atoms with Crippen molar-refractivity contribution >= 4 is 49.4 Å². The lowest BCUT2D eigenvalue weighted by Crippen LogP contribution is -2.38. The van der Waals surface area contributed by atoms with Crippen LogP contribution >= 0.6 is 0 Å². The summed E-state index contributed by atoms with van der Waals surface area (Å²) in [5, 5.41) is 4.93. The summed E-state index contributed by atoms with van der Waals surface area (Å²) in [5.41, 5.74) is 16.9. The summed E-state index contributed by atoms with van der Waals surface area (Å²) in [6.45, 7) is 0. The molecule has 0 bridgehead atoms. The van der Waals surface area contributed by atoms with Crippen molar-refractivity contribution in [1.29, 1.82) is 0 Å². The van der Waals surface area contributed by atoms with Crippen molar-refractivity contribution in [3.05, 3.63) is 264 Å². The molecule has 0 saturated carbocycles. The van der Waals surface area contributed by atoms with Gasteiger partial charge in [0.15, 0.2) is 5.78 Å². The smallest absolute Gasteiger partial charge is 0.193 e. The third-order valence-electron chi connectivity index (χ3n) is 14.0. The van der Waals surface area contributed by atoms with Crippen molar-refractivity contribution in [2.24, 2.45) is 0 Å². The number of nitrogens with zero attached hydrogens (tertiary/aromatic N) is 2. The molecule has 0 N–H and O–H groups in total. The minimum atomic E-state index is -0.636. The van der Waals surface area contributed by atoms with Crippen molar-refractivity contribution in [2.45, 2.75) is 18.3 Å². The molecular weight excluding hydrogens is 789 g/mol. The highest BCUT2D eigenvalue weighted by molar-refractivity contribution is 6.15. The first-order chi connectivity index (χ1) is 32.2. The van der Waals surface area contributed by atoms with Gasteiger partial charge < -0.3 is 9.13 Å². The van der Waals surface area contributed by atoms with Gasteiger partial charge in [0.1, 0.15) is 0 Å². The highest BCUT2D eigenvalue weighted by atomic mass is 16.1. The molecule has 0 spiro atoms. The SMILES string of the molecule is O=C1c2ccccc2C(C2=CCCC=C2)(c2ccccc2)c2cc(-c3ccc(-n4c5ccccc5c5cc(-c6ccc7c(c6)c6ccccc6n7-c6ccccc6)ccc54)cc3)ccc21. The number of hydrogen-bond acceptors (Lipinski definition) is 1. The Balaban J connectivity index is 0.917. The Morgan fingerprint density at radius 1 is 0.385 bits per heavy atom. The topological polar surface area (TPSA) is 26.9 Å². The lowest BCUT2D eigenvalue weighted by molar-refractivity contribution is 0.103. The average Bonchev–Trinajstić information content (AvgIpc) is 3.89.